The van der Waals surface area contributed by atoms with Crippen LogP contribution in [-0.4, -0.2) is 15.0 Å². The first-order valence-electron chi connectivity index (χ1n) is 3.39. The minimum absolute atomic E-state index is 0.514. The van der Waals surface area contributed by atoms with Crippen LogP contribution in [0, 0.1) is 6.26 Å². The van der Waals surface area contributed by atoms with Crippen molar-refractivity contribution < 1.29 is 8.42 Å². The third-order valence-corrected chi connectivity index (χ3v) is 1.75. The molecule has 0 saturated heterocycles. The average Bonchev–Trinajstić information content (AvgIpc) is 1.78. The van der Waals surface area contributed by atoms with E-state index in [1.54, 1.807) is 0 Å². The highest BCUT2D eigenvalue weighted by Crippen LogP contribution is 1.91. The number of unbranched alkanes of at least 4 members (excludes halogenated alkanes) is 2. The van der Waals surface area contributed by atoms with E-state index in [0.717, 1.165) is 19.3 Å². The zero-order chi connectivity index (χ0) is 8.04. The zero-order valence-electron chi connectivity index (χ0n) is 6.26. The Balaban J connectivity index is 3.21. The van der Waals surface area contributed by atoms with E-state index < -0.39 is 10.0 Å². The molecular weight excluding hydrogens is 150 g/mol. The molecule has 0 heterocycles. The van der Waals surface area contributed by atoms with Gasteiger partial charge in [-0.25, -0.2) is 13.1 Å². The number of sulfonamides is 1. The Bertz CT molecular complexity index is 163. The van der Waals surface area contributed by atoms with Crippen LogP contribution in [0.1, 0.15) is 26.2 Å². The van der Waals surface area contributed by atoms with Crippen molar-refractivity contribution in [3.8, 4) is 0 Å². The molecule has 0 aromatic rings. The van der Waals surface area contributed by atoms with Crippen LogP contribution in [-0.2, 0) is 10.0 Å². The summed E-state index contributed by atoms with van der Waals surface area (Å²) in [7, 11) is -3.20. The molecule has 3 nitrogen and oxygen atoms in total. The maximum atomic E-state index is 10.4. The molecule has 0 aliphatic carbocycles. The molecule has 0 amide bonds. The van der Waals surface area contributed by atoms with Gasteiger partial charge < -0.3 is 0 Å². The van der Waals surface area contributed by atoms with Gasteiger partial charge in [0.05, 0.1) is 6.26 Å². The number of hydrogen-bond donors (Lipinski definition) is 1. The summed E-state index contributed by atoms with van der Waals surface area (Å²) in [5, 5.41) is 0. The number of hydrogen-bond acceptors (Lipinski definition) is 2. The molecule has 0 aliphatic rings. The molecule has 0 fully saturated rings. The summed E-state index contributed by atoms with van der Waals surface area (Å²) in [6, 6.07) is 0. The van der Waals surface area contributed by atoms with E-state index in [0.29, 0.717) is 6.54 Å². The first-order valence-corrected chi connectivity index (χ1v) is 5.04. The molecule has 0 unspecified atom stereocenters. The smallest absolute Gasteiger partial charge is 0.212 e. The van der Waals surface area contributed by atoms with Crippen molar-refractivity contribution >= 4 is 10.0 Å². The molecule has 0 rings (SSSR count). The molecule has 0 aromatic carbocycles. The number of nitrogens with one attached hydrogen (secondary N) is 1. The van der Waals surface area contributed by atoms with Gasteiger partial charge in [0.1, 0.15) is 0 Å². The van der Waals surface area contributed by atoms with E-state index in [9.17, 15) is 8.42 Å². The van der Waals surface area contributed by atoms with Gasteiger partial charge in [-0.15, -0.1) is 0 Å². The lowest BCUT2D eigenvalue weighted by atomic mass is 10.3. The molecule has 10 heavy (non-hydrogen) atoms. The van der Waals surface area contributed by atoms with Crippen LogP contribution in [0.4, 0.5) is 0 Å². The average molecular weight is 164 g/mol. The molecule has 0 saturated carbocycles. The molecule has 1 N–H and O–H groups in total. The molecular formula is C6H14NO2S. The Hall–Kier alpha value is -0.0900. The highest BCUT2D eigenvalue weighted by atomic mass is 32.2. The highest BCUT2D eigenvalue weighted by Gasteiger charge is 1.97. The first-order chi connectivity index (χ1) is 4.56. The van der Waals surface area contributed by atoms with Crippen molar-refractivity contribution in [2.24, 2.45) is 0 Å². The fraction of sp³-hybridized carbons (Fsp3) is 0.833. The van der Waals surface area contributed by atoms with E-state index in [2.05, 4.69) is 17.9 Å². The Morgan fingerprint density at radius 1 is 1.40 bits per heavy atom. The summed E-state index contributed by atoms with van der Waals surface area (Å²) >= 11 is 0. The molecule has 4 heteroatoms. The normalized spacial score (nSPS) is 11.8. The third-order valence-electron chi connectivity index (χ3n) is 1.10. The SMILES string of the molecule is [CH2]S(=O)(=O)NCCCCC. The topological polar surface area (TPSA) is 46.2 Å². The van der Waals surface area contributed by atoms with Crippen LogP contribution in [0.15, 0.2) is 0 Å². The third kappa shape index (κ3) is 7.91. The zero-order valence-corrected chi connectivity index (χ0v) is 7.08. The van der Waals surface area contributed by atoms with Crippen molar-refractivity contribution in [3.63, 3.8) is 0 Å². The Morgan fingerprint density at radius 3 is 2.40 bits per heavy atom. The van der Waals surface area contributed by atoms with Gasteiger partial charge in [0, 0.05) is 6.54 Å². The predicted molar refractivity (Wildman–Crippen MR) is 41.8 cm³/mol. The monoisotopic (exact) mass is 164 g/mol. The summed E-state index contributed by atoms with van der Waals surface area (Å²) in [5.41, 5.74) is 0. The molecule has 0 aliphatic heterocycles. The second-order valence-corrected chi connectivity index (χ2v) is 3.73. The molecule has 0 spiro atoms. The maximum absolute atomic E-state index is 10.4. The van der Waals surface area contributed by atoms with E-state index >= 15 is 0 Å². The summed E-state index contributed by atoms with van der Waals surface area (Å²) < 4.78 is 23.1. The molecule has 61 valence electrons. The van der Waals surface area contributed by atoms with E-state index in [4.69, 9.17) is 0 Å². The Morgan fingerprint density at radius 2 is 2.00 bits per heavy atom. The van der Waals surface area contributed by atoms with Crippen molar-refractivity contribution in [3.05, 3.63) is 6.26 Å². The lowest BCUT2D eigenvalue weighted by Gasteiger charge is -1.98. The number of rotatable bonds is 5. The van der Waals surface area contributed by atoms with Gasteiger partial charge in [0.25, 0.3) is 0 Å². The minimum Gasteiger partial charge on any atom is -0.215 e. The molecule has 1 radical (unpaired) electrons. The summed E-state index contributed by atoms with van der Waals surface area (Å²) in [5.74, 6) is 0. The van der Waals surface area contributed by atoms with Crippen LogP contribution < -0.4 is 4.72 Å². The van der Waals surface area contributed by atoms with Gasteiger partial charge in [0.2, 0.25) is 10.0 Å². The van der Waals surface area contributed by atoms with Crippen LogP contribution in [0.2, 0.25) is 0 Å². The summed E-state index contributed by atoms with van der Waals surface area (Å²) in [4.78, 5) is 0. The van der Waals surface area contributed by atoms with Crippen LogP contribution in [0.25, 0.3) is 0 Å². The van der Waals surface area contributed by atoms with E-state index in [1.807, 2.05) is 0 Å². The fourth-order valence-corrected chi connectivity index (χ4v) is 1.06. The van der Waals surface area contributed by atoms with Gasteiger partial charge in [-0.1, -0.05) is 19.8 Å². The maximum Gasteiger partial charge on any atom is 0.212 e. The van der Waals surface area contributed by atoms with Gasteiger partial charge in [0.15, 0.2) is 0 Å². The van der Waals surface area contributed by atoms with Gasteiger partial charge in [-0.2, -0.15) is 0 Å². The quantitative estimate of drug-likeness (QED) is 0.613. The largest absolute Gasteiger partial charge is 0.215 e. The second kappa shape index (κ2) is 4.68. The minimum atomic E-state index is -3.20. The second-order valence-electron chi connectivity index (χ2n) is 2.22. The van der Waals surface area contributed by atoms with Crippen molar-refractivity contribution in [2.45, 2.75) is 26.2 Å². The Labute approximate surface area is 62.9 Å². The van der Waals surface area contributed by atoms with Crippen molar-refractivity contribution in [2.75, 3.05) is 6.54 Å². The van der Waals surface area contributed by atoms with Gasteiger partial charge in [-0.05, 0) is 6.42 Å². The Kier molecular flexibility index (Phi) is 4.64. The first kappa shape index (κ1) is 9.91. The lowest BCUT2D eigenvalue weighted by molar-refractivity contribution is 0.584. The highest BCUT2D eigenvalue weighted by molar-refractivity contribution is 7.90. The molecule has 0 aromatic heterocycles. The van der Waals surface area contributed by atoms with Crippen molar-refractivity contribution in [1.82, 2.24) is 4.72 Å². The molecule has 0 atom stereocenters. The standard InChI is InChI=1S/C6H14NO2S/c1-3-4-5-6-7-10(2,8)9/h7H,2-6H2,1H3. The fourth-order valence-electron chi connectivity index (χ4n) is 0.603. The van der Waals surface area contributed by atoms with Crippen LogP contribution in [0.5, 0.6) is 0 Å². The van der Waals surface area contributed by atoms with E-state index in [1.165, 1.54) is 0 Å². The van der Waals surface area contributed by atoms with Gasteiger partial charge in [-0.3, -0.25) is 0 Å². The summed E-state index contributed by atoms with van der Waals surface area (Å²) in [6.45, 7) is 2.58. The summed E-state index contributed by atoms with van der Waals surface area (Å²) in [6.07, 6.45) is 5.98. The lowest BCUT2D eigenvalue weighted by Crippen LogP contribution is -2.21. The van der Waals surface area contributed by atoms with E-state index in [-0.39, 0.29) is 0 Å². The van der Waals surface area contributed by atoms with Gasteiger partial charge >= 0.3 is 0 Å². The molecule has 0 bridgehead atoms. The van der Waals surface area contributed by atoms with Crippen LogP contribution >= 0.6 is 0 Å². The van der Waals surface area contributed by atoms with Crippen LogP contribution in [0.3, 0.4) is 0 Å². The van der Waals surface area contributed by atoms with Crippen molar-refractivity contribution in [1.29, 1.82) is 0 Å². The predicted octanol–water partition coefficient (Wildman–Crippen LogP) is 0.888.